The van der Waals surface area contributed by atoms with E-state index in [1.54, 1.807) is 0 Å². The molecule has 2 aliphatic carbocycles. The Balaban J connectivity index is 1.34. The summed E-state index contributed by atoms with van der Waals surface area (Å²) < 4.78 is 0. The quantitative estimate of drug-likeness (QED) is 0.171. The lowest BCUT2D eigenvalue weighted by molar-refractivity contribution is 0.139. The average molecular weight is 635 g/mol. The molecule has 2 saturated carbocycles. The van der Waals surface area contributed by atoms with Gasteiger partial charge in [-0.05, 0) is 90.0 Å². The number of nitriles is 1. The molecule has 0 N–H and O–H groups in total. The second-order valence-corrected chi connectivity index (χ2v) is 14.1. The number of rotatable bonds is 6. The predicted octanol–water partition coefficient (Wildman–Crippen LogP) is 11.1. The monoisotopic (exact) mass is 634 g/mol. The second-order valence-electron chi connectivity index (χ2n) is 14.1. The molecular formula is C45H38N4. The average Bonchev–Trinajstić information content (AvgIpc) is 3.14. The van der Waals surface area contributed by atoms with E-state index < -0.39 is 0 Å². The first-order valence-corrected chi connectivity index (χ1v) is 17.3. The number of allylic oxidation sites excluding steroid dienone is 1. The zero-order valence-corrected chi connectivity index (χ0v) is 27.8. The molecule has 0 amide bonds. The van der Waals surface area contributed by atoms with Crippen molar-refractivity contribution in [1.82, 2.24) is 15.0 Å². The van der Waals surface area contributed by atoms with Crippen molar-refractivity contribution in [3.8, 4) is 62.5 Å². The molecule has 238 valence electrons. The molecule has 1 unspecified atom stereocenters. The van der Waals surface area contributed by atoms with E-state index in [1.807, 2.05) is 60.7 Å². The SMILES string of the molecule is C=C1C[C@@H]2C[C@H](C)CC(c3ccc(-c4nc(-c5ccccc5)nc(-c5ccccc5-c5ccccc5)n4)cc3-c3cccc(C#N)c3)(C1)C2. The lowest BCUT2D eigenvalue weighted by atomic mass is 9.55. The molecule has 0 aliphatic heterocycles. The van der Waals surface area contributed by atoms with Gasteiger partial charge in [-0.15, -0.1) is 0 Å². The molecule has 2 bridgehead atoms. The highest BCUT2D eigenvalue weighted by molar-refractivity contribution is 5.82. The summed E-state index contributed by atoms with van der Waals surface area (Å²) in [5.74, 6) is 3.19. The van der Waals surface area contributed by atoms with Crippen molar-refractivity contribution in [2.24, 2.45) is 11.8 Å². The fourth-order valence-electron chi connectivity index (χ4n) is 8.64. The maximum absolute atomic E-state index is 9.86. The van der Waals surface area contributed by atoms with Gasteiger partial charge in [0.1, 0.15) is 0 Å². The standard InChI is InChI=1S/C45H38N4/c1-30-22-33-23-31(2)27-45(26-30,28-33)41-21-20-37(25-40(41)36-17-11-12-32(24-36)29-46)43-47-42(35-15-7-4-8-16-35)48-44(49-43)39-19-10-9-18-38(39)34-13-5-3-6-14-34/h3-21,24-25,31,33H,1,22-23,26-28H2,2H3/t31-,33+,45?/m0/s1. The Labute approximate surface area is 288 Å². The molecule has 0 saturated heterocycles. The number of nitrogens with zero attached hydrogens (tertiary/aromatic N) is 4. The topological polar surface area (TPSA) is 62.5 Å². The van der Waals surface area contributed by atoms with E-state index in [1.165, 1.54) is 24.0 Å². The van der Waals surface area contributed by atoms with E-state index in [-0.39, 0.29) is 5.41 Å². The van der Waals surface area contributed by atoms with Gasteiger partial charge in [0.25, 0.3) is 0 Å². The van der Waals surface area contributed by atoms with Crippen LogP contribution in [0.5, 0.6) is 0 Å². The van der Waals surface area contributed by atoms with Crippen LogP contribution in [0.25, 0.3) is 56.4 Å². The summed E-state index contributed by atoms with van der Waals surface area (Å²) >= 11 is 0. The van der Waals surface area contributed by atoms with Crippen molar-refractivity contribution in [2.75, 3.05) is 0 Å². The van der Waals surface area contributed by atoms with Crippen LogP contribution in [-0.2, 0) is 5.41 Å². The first-order chi connectivity index (χ1) is 24.0. The molecule has 0 spiro atoms. The zero-order valence-electron chi connectivity index (χ0n) is 27.8. The number of fused-ring (bicyclic) bond motifs is 2. The molecular weight excluding hydrogens is 597 g/mol. The third-order valence-corrected chi connectivity index (χ3v) is 10.4. The first kappa shape index (κ1) is 30.7. The van der Waals surface area contributed by atoms with Crippen LogP contribution in [0.4, 0.5) is 0 Å². The van der Waals surface area contributed by atoms with E-state index in [9.17, 15) is 5.26 Å². The summed E-state index contributed by atoms with van der Waals surface area (Å²) in [6, 6.07) is 46.0. The lowest BCUT2D eigenvalue weighted by Gasteiger charge is -2.49. The largest absolute Gasteiger partial charge is 0.208 e. The first-order valence-electron chi connectivity index (χ1n) is 17.3. The van der Waals surface area contributed by atoms with Crippen LogP contribution < -0.4 is 0 Å². The summed E-state index contributed by atoms with van der Waals surface area (Å²) in [5, 5.41) is 9.86. The number of hydrogen-bond donors (Lipinski definition) is 0. The number of aromatic nitrogens is 3. The molecule has 49 heavy (non-hydrogen) atoms. The Kier molecular flexibility index (Phi) is 7.98. The zero-order chi connectivity index (χ0) is 33.4. The molecule has 4 nitrogen and oxygen atoms in total. The highest BCUT2D eigenvalue weighted by Gasteiger charge is 2.45. The predicted molar refractivity (Wildman–Crippen MR) is 198 cm³/mol. The van der Waals surface area contributed by atoms with Crippen LogP contribution in [0.1, 0.15) is 50.2 Å². The lowest BCUT2D eigenvalue weighted by Crippen LogP contribution is -2.40. The molecule has 2 fully saturated rings. The van der Waals surface area contributed by atoms with Crippen molar-refractivity contribution in [1.29, 1.82) is 5.26 Å². The Morgan fingerprint density at radius 3 is 2.04 bits per heavy atom. The minimum atomic E-state index is 0.0161. The van der Waals surface area contributed by atoms with Crippen molar-refractivity contribution in [2.45, 2.75) is 44.4 Å². The third kappa shape index (κ3) is 5.98. The van der Waals surface area contributed by atoms with Crippen LogP contribution in [0.3, 0.4) is 0 Å². The van der Waals surface area contributed by atoms with Gasteiger partial charge in [0.05, 0.1) is 11.6 Å². The van der Waals surface area contributed by atoms with Crippen LogP contribution in [0.2, 0.25) is 0 Å². The van der Waals surface area contributed by atoms with Crippen LogP contribution in [-0.4, -0.2) is 15.0 Å². The summed E-state index contributed by atoms with van der Waals surface area (Å²) in [6.45, 7) is 6.93. The van der Waals surface area contributed by atoms with Gasteiger partial charge in [-0.3, -0.25) is 0 Å². The summed E-state index contributed by atoms with van der Waals surface area (Å²) in [6.07, 6.45) is 5.70. The van der Waals surface area contributed by atoms with Gasteiger partial charge in [0.15, 0.2) is 17.5 Å². The van der Waals surface area contributed by atoms with Crippen LogP contribution >= 0.6 is 0 Å². The molecule has 0 radical (unpaired) electrons. The van der Waals surface area contributed by atoms with E-state index in [0.29, 0.717) is 34.9 Å². The highest BCUT2D eigenvalue weighted by Crippen LogP contribution is 2.55. The molecule has 2 aliphatic rings. The fourth-order valence-corrected chi connectivity index (χ4v) is 8.64. The minimum Gasteiger partial charge on any atom is -0.208 e. The molecule has 5 aromatic carbocycles. The van der Waals surface area contributed by atoms with Gasteiger partial charge in [-0.2, -0.15) is 5.26 Å². The smallest absolute Gasteiger partial charge is 0.164 e. The Hall–Kier alpha value is -5.66. The van der Waals surface area contributed by atoms with Gasteiger partial charge < -0.3 is 0 Å². The highest BCUT2D eigenvalue weighted by atomic mass is 15.0. The second kappa shape index (κ2) is 12.7. The van der Waals surface area contributed by atoms with Crippen molar-refractivity contribution < 1.29 is 0 Å². The Bertz CT molecular complexity index is 2210. The van der Waals surface area contributed by atoms with Crippen molar-refractivity contribution in [3.63, 3.8) is 0 Å². The normalized spacial score (nSPS) is 20.0. The summed E-state index contributed by atoms with van der Waals surface area (Å²) in [4.78, 5) is 15.4. The molecule has 4 heteroatoms. The molecule has 3 atom stereocenters. The minimum absolute atomic E-state index is 0.0161. The van der Waals surface area contributed by atoms with Gasteiger partial charge in [0.2, 0.25) is 0 Å². The van der Waals surface area contributed by atoms with Crippen molar-refractivity contribution >= 4 is 0 Å². The number of hydrogen-bond acceptors (Lipinski definition) is 4. The van der Waals surface area contributed by atoms with E-state index in [0.717, 1.165) is 58.2 Å². The Morgan fingerprint density at radius 2 is 1.29 bits per heavy atom. The fraction of sp³-hybridized carbons (Fsp3) is 0.200. The summed E-state index contributed by atoms with van der Waals surface area (Å²) in [5.41, 5.74) is 10.5. The maximum Gasteiger partial charge on any atom is 0.164 e. The number of benzene rings is 5. The van der Waals surface area contributed by atoms with E-state index >= 15 is 0 Å². The Morgan fingerprint density at radius 1 is 0.633 bits per heavy atom. The molecule has 1 heterocycles. The molecule has 8 rings (SSSR count). The van der Waals surface area contributed by atoms with Gasteiger partial charge in [0, 0.05) is 22.1 Å². The molecule has 6 aromatic rings. The van der Waals surface area contributed by atoms with E-state index in [2.05, 4.69) is 86.3 Å². The van der Waals surface area contributed by atoms with Crippen LogP contribution in [0, 0.1) is 23.2 Å². The van der Waals surface area contributed by atoms with Gasteiger partial charge in [-0.25, -0.2) is 15.0 Å². The van der Waals surface area contributed by atoms with Crippen LogP contribution in [0.15, 0.2) is 140 Å². The molecule has 1 aromatic heterocycles. The summed E-state index contributed by atoms with van der Waals surface area (Å²) in [7, 11) is 0. The third-order valence-electron chi connectivity index (χ3n) is 10.4. The van der Waals surface area contributed by atoms with Crippen molar-refractivity contribution in [3.05, 3.63) is 151 Å². The maximum atomic E-state index is 9.86. The van der Waals surface area contributed by atoms with E-state index in [4.69, 9.17) is 15.0 Å². The van der Waals surface area contributed by atoms with Gasteiger partial charge >= 0.3 is 0 Å². The van der Waals surface area contributed by atoms with Gasteiger partial charge in [-0.1, -0.05) is 128 Å².